The first-order valence-electron chi connectivity index (χ1n) is 9.43. The van der Waals surface area contributed by atoms with Gasteiger partial charge >= 0.3 is 6.09 Å². The van der Waals surface area contributed by atoms with Gasteiger partial charge in [0, 0.05) is 18.0 Å². The second kappa shape index (κ2) is 9.45. The molecule has 0 aromatic heterocycles. The van der Waals surface area contributed by atoms with Crippen molar-refractivity contribution in [1.29, 1.82) is 0 Å². The van der Waals surface area contributed by atoms with Crippen molar-refractivity contribution in [3.63, 3.8) is 0 Å². The highest BCUT2D eigenvalue weighted by Crippen LogP contribution is 2.26. The highest BCUT2D eigenvalue weighted by Gasteiger charge is 2.26. The van der Waals surface area contributed by atoms with E-state index in [1.54, 1.807) is 0 Å². The van der Waals surface area contributed by atoms with Crippen LogP contribution in [-0.4, -0.2) is 47.9 Å². The summed E-state index contributed by atoms with van der Waals surface area (Å²) in [5, 5.41) is 2.22. The third-order valence-corrected chi connectivity index (χ3v) is 6.33. The summed E-state index contributed by atoms with van der Waals surface area (Å²) in [5.74, 6) is 1.55. The number of carbonyl (C=O) groups excluding carboxylic acids is 1. The lowest BCUT2D eigenvalue weighted by molar-refractivity contribution is 0.0177. The molecule has 0 saturated carbocycles. The number of carbonyl (C=O) groups is 1. The molecule has 1 aromatic rings. The van der Waals surface area contributed by atoms with Crippen LogP contribution in [-0.2, 0) is 4.74 Å². The zero-order chi connectivity index (χ0) is 19.2. The highest BCUT2D eigenvalue weighted by atomic mass is 32.2. The molecule has 1 aliphatic heterocycles. The van der Waals surface area contributed by atoms with Gasteiger partial charge in [-0.15, -0.1) is 0 Å². The lowest BCUT2D eigenvalue weighted by Crippen LogP contribution is -2.41. The van der Waals surface area contributed by atoms with Crippen molar-refractivity contribution in [1.82, 2.24) is 4.90 Å². The van der Waals surface area contributed by atoms with Crippen molar-refractivity contribution >= 4 is 21.9 Å². The van der Waals surface area contributed by atoms with Crippen LogP contribution in [0.4, 0.5) is 4.79 Å². The Labute approximate surface area is 160 Å². The van der Waals surface area contributed by atoms with E-state index in [4.69, 9.17) is 9.47 Å². The molecule has 2 rings (SSSR count). The van der Waals surface area contributed by atoms with Gasteiger partial charge in [0.15, 0.2) is 0 Å². The first kappa shape index (κ1) is 20.8. The minimum Gasteiger partial charge on any atom is -0.494 e. The normalized spacial score (nSPS) is 17.2. The third kappa shape index (κ3) is 6.67. The molecule has 0 N–H and O–H groups in total. The summed E-state index contributed by atoms with van der Waals surface area (Å²) in [4.78, 5) is 15.3. The predicted octanol–water partition coefficient (Wildman–Crippen LogP) is 5.18. The molecule has 0 aliphatic carbocycles. The average molecular weight is 380 g/mol. The topological polar surface area (TPSA) is 38.8 Å². The second-order valence-corrected chi connectivity index (χ2v) is 9.87. The fourth-order valence-corrected chi connectivity index (χ4v) is 3.80. The van der Waals surface area contributed by atoms with Crippen LogP contribution in [0.1, 0.15) is 47.0 Å². The molecule has 1 amide bonds. The van der Waals surface area contributed by atoms with Crippen molar-refractivity contribution in [3.05, 3.63) is 24.3 Å². The van der Waals surface area contributed by atoms with Crippen LogP contribution in [0.25, 0.3) is 0 Å². The van der Waals surface area contributed by atoms with Gasteiger partial charge in [0.2, 0.25) is 0 Å². The number of rotatable bonds is 5. The fraction of sp³-hybridized carbons (Fsp3) is 0.619. The number of hydrogen-bond donors (Lipinski definition) is 0. The zero-order valence-electron chi connectivity index (χ0n) is 16.8. The van der Waals surface area contributed by atoms with Gasteiger partial charge < -0.3 is 14.4 Å². The molecule has 1 aromatic carbocycles. The van der Waals surface area contributed by atoms with E-state index in [2.05, 4.69) is 42.8 Å². The SMILES string of the molecule is C/C=S(\C)c1ccc(OCCC2CCN(C(=O)OC(C)(C)C)CC2)cc1. The van der Waals surface area contributed by atoms with Crippen molar-refractivity contribution in [2.75, 3.05) is 26.0 Å². The zero-order valence-corrected chi connectivity index (χ0v) is 17.6. The number of piperidine rings is 1. The quantitative estimate of drug-likeness (QED) is 0.662. The Bertz CT molecular complexity index is 611. The summed E-state index contributed by atoms with van der Waals surface area (Å²) in [6.07, 6.45) is 5.11. The number of ether oxygens (including phenoxy) is 2. The number of likely N-dealkylation sites (tertiary alicyclic amines) is 1. The number of hydrogen-bond acceptors (Lipinski definition) is 3. The van der Waals surface area contributed by atoms with Gasteiger partial charge in [-0.1, -0.05) is 5.37 Å². The van der Waals surface area contributed by atoms with E-state index in [0.717, 1.165) is 44.7 Å². The molecule has 1 unspecified atom stereocenters. The number of amides is 1. The third-order valence-electron chi connectivity index (χ3n) is 4.61. The van der Waals surface area contributed by atoms with Crippen LogP contribution in [0.5, 0.6) is 5.75 Å². The van der Waals surface area contributed by atoms with Crippen LogP contribution < -0.4 is 4.74 Å². The summed E-state index contributed by atoms with van der Waals surface area (Å²) in [6, 6.07) is 8.43. The second-order valence-electron chi connectivity index (χ2n) is 7.81. The van der Waals surface area contributed by atoms with Crippen LogP contribution in [0.3, 0.4) is 0 Å². The number of benzene rings is 1. The first-order valence-corrected chi connectivity index (χ1v) is 11.1. The van der Waals surface area contributed by atoms with Crippen molar-refractivity contribution in [3.8, 4) is 5.75 Å². The van der Waals surface area contributed by atoms with Crippen molar-refractivity contribution < 1.29 is 14.3 Å². The first-order chi connectivity index (χ1) is 12.3. The maximum absolute atomic E-state index is 12.1. The Morgan fingerprint density at radius 3 is 2.38 bits per heavy atom. The van der Waals surface area contributed by atoms with Crippen LogP contribution >= 0.6 is 10.5 Å². The molecule has 0 spiro atoms. The predicted molar refractivity (Wildman–Crippen MR) is 111 cm³/mol. The van der Waals surface area contributed by atoms with Crippen LogP contribution in [0.2, 0.25) is 0 Å². The van der Waals surface area contributed by atoms with Crippen molar-refractivity contribution in [2.24, 2.45) is 5.92 Å². The molecule has 26 heavy (non-hydrogen) atoms. The molecule has 1 aliphatic rings. The van der Waals surface area contributed by atoms with Gasteiger partial charge in [0.25, 0.3) is 0 Å². The lowest BCUT2D eigenvalue weighted by Gasteiger charge is -2.33. The van der Waals surface area contributed by atoms with Crippen LogP contribution in [0.15, 0.2) is 29.2 Å². The summed E-state index contributed by atoms with van der Waals surface area (Å²) in [6.45, 7) is 10.1. The van der Waals surface area contributed by atoms with Gasteiger partial charge in [-0.25, -0.2) is 4.79 Å². The molecule has 1 atom stereocenters. The maximum atomic E-state index is 12.1. The Balaban J connectivity index is 1.69. The molecule has 1 fully saturated rings. The average Bonchev–Trinajstić information content (AvgIpc) is 2.61. The standard InChI is InChI=1S/C21H33NO3S/c1-6-26(5)19-9-7-18(8-10-19)24-16-13-17-11-14-22(15-12-17)20(23)25-21(2,3)4/h6-10,17H,11-16H2,1-5H3. The van der Waals surface area contributed by atoms with E-state index in [0.29, 0.717) is 5.92 Å². The lowest BCUT2D eigenvalue weighted by atomic mass is 9.94. The molecular weight excluding hydrogens is 346 g/mol. The molecular formula is C21H33NO3S. The monoisotopic (exact) mass is 379 g/mol. The molecule has 1 saturated heterocycles. The molecule has 1 heterocycles. The fourth-order valence-electron chi connectivity index (χ4n) is 2.96. The summed E-state index contributed by atoms with van der Waals surface area (Å²) >= 11 is 0. The van der Waals surface area contributed by atoms with E-state index in [1.165, 1.54) is 4.90 Å². The summed E-state index contributed by atoms with van der Waals surface area (Å²) in [7, 11) is 0.205. The van der Waals surface area contributed by atoms with Gasteiger partial charge in [-0.2, -0.15) is 10.5 Å². The Morgan fingerprint density at radius 1 is 1.23 bits per heavy atom. The van der Waals surface area contributed by atoms with Gasteiger partial charge in [-0.3, -0.25) is 0 Å². The van der Waals surface area contributed by atoms with Gasteiger partial charge in [0.1, 0.15) is 11.4 Å². The minimum absolute atomic E-state index is 0.188. The van der Waals surface area contributed by atoms with E-state index < -0.39 is 5.60 Å². The summed E-state index contributed by atoms with van der Waals surface area (Å²) < 4.78 is 11.4. The van der Waals surface area contributed by atoms with Gasteiger partial charge in [-0.05, 0) is 83.4 Å². The highest BCUT2D eigenvalue weighted by molar-refractivity contribution is 8.14. The van der Waals surface area contributed by atoms with Crippen molar-refractivity contribution in [2.45, 2.75) is 57.5 Å². The molecule has 0 bridgehead atoms. The Hall–Kier alpha value is -1.49. The minimum atomic E-state index is -0.426. The van der Waals surface area contributed by atoms with E-state index in [9.17, 15) is 4.79 Å². The maximum Gasteiger partial charge on any atom is 0.410 e. The van der Waals surface area contributed by atoms with Gasteiger partial charge in [0.05, 0.1) is 6.61 Å². The largest absolute Gasteiger partial charge is 0.494 e. The van der Waals surface area contributed by atoms with E-state index >= 15 is 0 Å². The van der Waals surface area contributed by atoms with E-state index in [1.807, 2.05) is 25.7 Å². The molecule has 146 valence electrons. The number of nitrogens with zero attached hydrogens (tertiary/aromatic N) is 1. The van der Waals surface area contributed by atoms with Crippen LogP contribution in [0, 0.1) is 5.92 Å². The molecule has 5 heteroatoms. The molecule has 0 radical (unpaired) electrons. The molecule has 4 nitrogen and oxygen atoms in total. The smallest absolute Gasteiger partial charge is 0.410 e. The van der Waals surface area contributed by atoms with E-state index in [-0.39, 0.29) is 16.6 Å². The Kier molecular flexibility index (Phi) is 7.56. The summed E-state index contributed by atoms with van der Waals surface area (Å²) in [5.41, 5.74) is -0.426. The Morgan fingerprint density at radius 2 is 1.85 bits per heavy atom.